The van der Waals surface area contributed by atoms with Gasteiger partial charge in [-0.05, 0) is 23.8 Å². The summed E-state index contributed by atoms with van der Waals surface area (Å²) in [6, 6.07) is 20.8. The second-order valence-corrected chi connectivity index (χ2v) is 4.16. The fourth-order valence-electron chi connectivity index (χ4n) is 2.00. The van der Waals surface area contributed by atoms with Crippen molar-refractivity contribution in [1.82, 2.24) is 9.78 Å². The van der Waals surface area contributed by atoms with E-state index in [0.29, 0.717) is 5.56 Å². The third kappa shape index (κ3) is 2.18. The third-order valence-electron chi connectivity index (χ3n) is 2.93. The van der Waals surface area contributed by atoms with Crippen LogP contribution in [0.25, 0.3) is 16.8 Å². The second kappa shape index (κ2) is 4.90. The van der Waals surface area contributed by atoms with Crippen molar-refractivity contribution in [1.29, 1.82) is 0 Å². The Bertz CT molecular complexity index is 673. The van der Waals surface area contributed by atoms with Crippen molar-refractivity contribution in [2.24, 2.45) is 0 Å². The number of aromatic nitrogens is 2. The van der Waals surface area contributed by atoms with Crippen LogP contribution in [0.3, 0.4) is 0 Å². The van der Waals surface area contributed by atoms with E-state index in [-0.39, 0.29) is 5.56 Å². The van der Waals surface area contributed by atoms with Crippen LogP contribution in [0, 0.1) is 0 Å². The van der Waals surface area contributed by atoms with Crippen LogP contribution in [0.1, 0.15) is 0 Å². The lowest BCUT2D eigenvalue weighted by molar-refractivity contribution is 0.809. The van der Waals surface area contributed by atoms with Gasteiger partial charge in [-0.3, -0.25) is 4.79 Å². The minimum absolute atomic E-state index is 0.111. The molecule has 0 atom stereocenters. The van der Waals surface area contributed by atoms with E-state index in [2.05, 4.69) is 5.10 Å². The number of nitrogens with zero attached hydrogens (tertiary/aromatic N) is 2. The van der Waals surface area contributed by atoms with Crippen molar-refractivity contribution in [3.8, 4) is 16.8 Å². The van der Waals surface area contributed by atoms with E-state index in [1.807, 2.05) is 60.7 Å². The third-order valence-corrected chi connectivity index (χ3v) is 2.93. The molecule has 0 aliphatic heterocycles. The predicted molar refractivity (Wildman–Crippen MR) is 75.3 cm³/mol. The molecule has 0 saturated heterocycles. The zero-order valence-electron chi connectivity index (χ0n) is 10.2. The molecule has 0 fully saturated rings. The molecule has 19 heavy (non-hydrogen) atoms. The molecule has 0 amide bonds. The molecular weight excluding hydrogens is 236 g/mol. The van der Waals surface area contributed by atoms with Crippen LogP contribution in [0.2, 0.25) is 0 Å². The van der Waals surface area contributed by atoms with E-state index in [1.165, 1.54) is 4.68 Å². The summed E-state index contributed by atoms with van der Waals surface area (Å²) in [7, 11) is 0. The SMILES string of the molecule is O=c1c(-c2ccccc2)ccnn1-c1ccccc1. The number of hydrogen-bond donors (Lipinski definition) is 0. The first-order valence-electron chi connectivity index (χ1n) is 6.05. The first-order valence-corrected chi connectivity index (χ1v) is 6.05. The molecule has 0 spiro atoms. The Morgan fingerprint density at radius 2 is 1.42 bits per heavy atom. The molecule has 0 unspecified atom stereocenters. The normalized spacial score (nSPS) is 10.3. The lowest BCUT2D eigenvalue weighted by Crippen LogP contribution is -2.22. The largest absolute Gasteiger partial charge is 0.279 e. The Labute approximate surface area is 110 Å². The Morgan fingerprint density at radius 3 is 2.11 bits per heavy atom. The van der Waals surface area contributed by atoms with Crippen LogP contribution in [-0.4, -0.2) is 9.78 Å². The van der Waals surface area contributed by atoms with E-state index in [9.17, 15) is 4.79 Å². The van der Waals surface area contributed by atoms with Crippen LogP contribution in [0.4, 0.5) is 0 Å². The van der Waals surface area contributed by atoms with E-state index in [4.69, 9.17) is 0 Å². The van der Waals surface area contributed by atoms with Gasteiger partial charge >= 0.3 is 0 Å². The van der Waals surface area contributed by atoms with Gasteiger partial charge < -0.3 is 0 Å². The van der Waals surface area contributed by atoms with Crippen LogP contribution in [-0.2, 0) is 0 Å². The van der Waals surface area contributed by atoms with Crippen LogP contribution >= 0.6 is 0 Å². The van der Waals surface area contributed by atoms with E-state index < -0.39 is 0 Å². The van der Waals surface area contributed by atoms with Gasteiger partial charge in [0.25, 0.3) is 5.56 Å². The number of hydrogen-bond acceptors (Lipinski definition) is 2. The first-order chi connectivity index (χ1) is 9.36. The fraction of sp³-hybridized carbons (Fsp3) is 0. The number of rotatable bonds is 2. The van der Waals surface area contributed by atoms with Crippen LogP contribution in [0.5, 0.6) is 0 Å². The summed E-state index contributed by atoms with van der Waals surface area (Å²) in [5.41, 5.74) is 2.21. The highest BCUT2D eigenvalue weighted by Crippen LogP contribution is 2.14. The molecule has 0 N–H and O–H groups in total. The zero-order chi connectivity index (χ0) is 13.1. The molecule has 0 radical (unpaired) electrons. The van der Waals surface area contributed by atoms with Gasteiger partial charge in [0.05, 0.1) is 11.3 Å². The highest BCUT2D eigenvalue weighted by atomic mass is 16.1. The van der Waals surface area contributed by atoms with Gasteiger partial charge in [-0.25, -0.2) is 0 Å². The molecule has 3 aromatic rings. The number of benzene rings is 2. The van der Waals surface area contributed by atoms with Gasteiger partial charge in [-0.1, -0.05) is 48.5 Å². The monoisotopic (exact) mass is 248 g/mol. The Kier molecular flexibility index (Phi) is 2.94. The van der Waals surface area contributed by atoms with Gasteiger partial charge in [0.1, 0.15) is 0 Å². The lowest BCUT2D eigenvalue weighted by atomic mass is 10.1. The summed E-state index contributed by atoms with van der Waals surface area (Å²) in [5, 5.41) is 4.14. The average Bonchev–Trinajstić information content (AvgIpc) is 2.49. The van der Waals surface area contributed by atoms with E-state index in [1.54, 1.807) is 12.3 Å². The second-order valence-electron chi connectivity index (χ2n) is 4.16. The minimum atomic E-state index is -0.111. The predicted octanol–water partition coefficient (Wildman–Crippen LogP) is 2.90. The highest BCUT2D eigenvalue weighted by Gasteiger charge is 2.07. The van der Waals surface area contributed by atoms with Gasteiger partial charge in [0.2, 0.25) is 0 Å². The Balaban J connectivity index is 2.18. The van der Waals surface area contributed by atoms with Crippen molar-refractivity contribution >= 4 is 0 Å². The van der Waals surface area contributed by atoms with E-state index >= 15 is 0 Å². The van der Waals surface area contributed by atoms with Gasteiger partial charge in [-0.15, -0.1) is 0 Å². The first kappa shape index (κ1) is 11.4. The van der Waals surface area contributed by atoms with Crippen molar-refractivity contribution in [3.63, 3.8) is 0 Å². The maximum Gasteiger partial charge on any atom is 0.279 e. The Hall–Kier alpha value is -2.68. The molecular formula is C16H12N2O. The fourth-order valence-corrected chi connectivity index (χ4v) is 2.00. The maximum absolute atomic E-state index is 12.5. The summed E-state index contributed by atoms with van der Waals surface area (Å²) in [6.45, 7) is 0. The molecule has 1 aromatic heterocycles. The van der Waals surface area contributed by atoms with Crippen LogP contribution < -0.4 is 5.56 Å². The van der Waals surface area contributed by atoms with Crippen molar-refractivity contribution in [2.45, 2.75) is 0 Å². The number of para-hydroxylation sites is 1. The molecule has 1 heterocycles. The summed E-state index contributed by atoms with van der Waals surface area (Å²) in [4.78, 5) is 12.5. The standard InChI is InChI=1S/C16H12N2O/c19-16-15(13-7-3-1-4-8-13)11-12-17-18(16)14-9-5-2-6-10-14/h1-12H. The quantitative estimate of drug-likeness (QED) is 0.699. The zero-order valence-corrected chi connectivity index (χ0v) is 10.2. The van der Waals surface area contributed by atoms with Gasteiger partial charge in [0.15, 0.2) is 0 Å². The minimum Gasteiger partial charge on any atom is -0.267 e. The summed E-state index contributed by atoms with van der Waals surface area (Å²) in [6.07, 6.45) is 1.65. The summed E-state index contributed by atoms with van der Waals surface area (Å²) < 4.78 is 1.42. The topological polar surface area (TPSA) is 34.9 Å². The van der Waals surface area contributed by atoms with E-state index in [0.717, 1.165) is 11.3 Å². The molecule has 0 aliphatic carbocycles. The average molecular weight is 248 g/mol. The molecule has 92 valence electrons. The van der Waals surface area contributed by atoms with Gasteiger partial charge in [-0.2, -0.15) is 9.78 Å². The molecule has 0 saturated carbocycles. The lowest BCUT2D eigenvalue weighted by Gasteiger charge is -2.06. The molecule has 0 aliphatic rings. The highest BCUT2D eigenvalue weighted by molar-refractivity contribution is 5.62. The summed E-state index contributed by atoms with van der Waals surface area (Å²) in [5.74, 6) is 0. The molecule has 3 nitrogen and oxygen atoms in total. The van der Waals surface area contributed by atoms with Crippen molar-refractivity contribution < 1.29 is 0 Å². The van der Waals surface area contributed by atoms with Crippen molar-refractivity contribution in [2.75, 3.05) is 0 Å². The maximum atomic E-state index is 12.5. The molecule has 2 aromatic carbocycles. The van der Waals surface area contributed by atoms with Crippen molar-refractivity contribution in [3.05, 3.63) is 83.3 Å². The Morgan fingerprint density at radius 1 is 0.789 bits per heavy atom. The molecule has 3 rings (SSSR count). The summed E-state index contributed by atoms with van der Waals surface area (Å²) >= 11 is 0. The molecule has 3 heteroatoms. The van der Waals surface area contributed by atoms with Crippen LogP contribution in [0.15, 0.2) is 77.7 Å². The van der Waals surface area contributed by atoms with Gasteiger partial charge in [0, 0.05) is 6.20 Å². The smallest absolute Gasteiger partial charge is 0.267 e. The molecule has 0 bridgehead atoms.